The van der Waals surface area contributed by atoms with E-state index in [1.807, 2.05) is 0 Å². The first kappa shape index (κ1) is 68.0. The van der Waals surface area contributed by atoms with Gasteiger partial charge in [-0.05, 0) is 251 Å². The lowest BCUT2D eigenvalue weighted by Crippen LogP contribution is -2.25. The molecule has 18 aromatic carbocycles. The van der Waals surface area contributed by atoms with Crippen molar-refractivity contribution in [1.29, 1.82) is 0 Å². The van der Waals surface area contributed by atoms with E-state index in [2.05, 4.69) is 443 Å². The number of aromatic nitrogens is 3. The van der Waals surface area contributed by atoms with Crippen LogP contribution in [0.4, 0.5) is 0 Å². The Kier molecular flexibility index (Phi) is 17.2. The minimum atomic E-state index is -0.402. The van der Waals surface area contributed by atoms with Crippen LogP contribution in [0.1, 0.15) is 22.3 Å². The van der Waals surface area contributed by atoms with Crippen LogP contribution in [0.3, 0.4) is 0 Å². The van der Waals surface area contributed by atoms with Crippen LogP contribution in [0.2, 0.25) is 0 Å². The third-order valence-electron chi connectivity index (χ3n) is 23.3. The summed E-state index contributed by atoms with van der Waals surface area (Å²) in [4.78, 5) is 16.1. The van der Waals surface area contributed by atoms with E-state index in [0.717, 1.165) is 94.6 Å². The Morgan fingerprint density at radius 1 is 0.113 bits per heavy atom. The van der Waals surface area contributed by atoms with Crippen LogP contribution in [0.5, 0.6) is 0 Å². The van der Waals surface area contributed by atoms with Crippen molar-refractivity contribution in [3.8, 4) is 190 Å². The molecule has 0 bridgehead atoms. The van der Waals surface area contributed by atoms with Crippen molar-refractivity contribution in [2.24, 2.45) is 0 Å². The van der Waals surface area contributed by atoms with E-state index >= 15 is 0 Å². The summed E-state index contributed by atoms with van der Waals surface area (Å²) in [6.07, 6.45) is 0. The zero-order chi connectivity index (χ0) is 76.2. The van der Waals surface area contributed by atoms with Crippen LogP contribution < -0.4 is 0 Å². The first-order valence-electron chi connectivity index (χ1n) is 39.5. The normalized spacial score (nSPS) is 12.1. The number of benzene rings is 18. The topological polar surface area (TPSA) is 38.7 Å². The molecule has 3 heteroatoms. The molecule has 1 heterocycles. The molecule has 536 valence electrons. The summed E-state index contributed by atoms with van der Waals surface area (Å²) in [5, 5.41) is 0. The summed E-state index contributed by atoms with van der Waals surface area (Å²) >= 11 is 0. The second-order valence-electron chi connectivity index (χ2n) is 30.2. The van der Waals surface area contributed by atoms with E-state index in [9.17, 15) is 0 Å². The van der Waals surface area contributed by atoms with Gasteiger partial charge in [0.25, 0.3) is 0 Å². The Morgan fingerprint density at radius 2 is 0.287 bits per heavy atom. The van der Waals surface area contributed by atoms with Crippen molar-refractivity contribution in [2.75, 3.05) is 0 Å². The zero-order valence-electron chi connectivity index (χ0n) is 63.0. The average molecular weight is 1460 g/mol. The molecule has 1 spiro atoms. The first-order valence-corrected chi connectivity index (χ1v) is 39.5. The molecule has 0 amide bonds. The van der Waals surface area contributed by atoms with Crippen molar-refractivity contribution in [3.63, 3.8) is 0 Å². The summed E-state index contributed by atoms with van der Waals surface area (Å²) in [6.45, 7) is 0. The first-order chi connectivity index (χ1) is 56.9. The predicted octanol–water partition coefficient (Wildman–Crippen LogP) is 29.2. The summed E-state index contributed by atoms with van der Waals surface area (Å²) in [7, 11) is 0. The van der Waals surface area contributed by atoms with Crippen LogP contribution in [-0.2, 0) is 5.41 Å². The Hall–Kier alpha value is -15.0. The van der Waals surface area contributed by atoms with E-state index < -0.39 is 5.41 Å². The van der Waals surface area contributed by atoms with Gasteiger partial charge in [0.2, 0.25) is 0 Å². The van der Waals surface area contributed by atoms with Gasteiger partial charge < -0.3 is 0 Å². The van der Waals surface area contributed by atoms with Crippen LogP contribution in [0.15, 0.2) is 443 Å². The molecule has 0 aliphatic heterocycles. The highest BCUT2D eigenvalue weighted by atomic mass is 15.0. The summed E-state index contributed by atoms with van der Waals surface area (Å²) < 4.78 is 0. The Bertz CT molecular complexity index is 6910. The molecular formula is C112H73N3. The average Bonchev–Trinajstić information content (AvgIpc) is 1.51. The molecule has 0 saturated carbocycles. The maximum Gasteiger partial charge on any atom is 0.164 e. The van der Waals surface area contributed by atoms with Crippen molar-refractivity contribution in [1.82, 2.24) is 15.0 Å². The quantitative estimate of drug-likeness (QED) is 0.103. The van der Waals surface area contributed by atoms with Crippen LogP contribution in [0, 0.1) is 0 Å². The van der Waals surface area contributed by atoms with Gasteiger partial charge in [0.15, 0.2) is 17.5 Å². The molecular weight excluding hydrogens is 1390 g/mol. The molecule has 2 aliphatic rings. The largest absolute Gasteiger partial charge is 0.208 e. The smallest absolute Gasteiger partial charge is 0.164 e. The van der Waals surface area contributed by atoms with Crippen molar-refractivity contribution in [2.45, 2.75) is 5.41 Å². The standard InChI is InChI=1S/C112H73N3/c1-3-24-74(25-4-1)78-28-13-31-81(62-78)84-34-16-35-85(65-84)83-33-15-30-80(64-83)76-56-58-77(59-57-76)109-113-110(99-48-22-46-96(71-99)93-43-19-36-86(68-93)82-32-14-29-79(63-82)75-26-5-2-6-27-75)115-111(114-109)100-49-23-47-97(72-100)94-44-20-41-91(69-94)89-39-17-37-87(66-89)88-38-18-40-90(67-88)92-42-21-45-95(70-92)98-60-61-104-103-52-9-12-55-107(103)112(108(104)73-98)105-53-10-7-50-101(105)102-51-8-11-54-106(102)112/h1-73H. The lowest BCUT2D eigenvalue weighted by atomic mass is 9.70. The minimum absolute atomic E-state index is 0.402. The molecule has 0 fully saturated rings. The van der Waals surface area contributed by atoms with Gasteiger partial charge in [0.1, 0.15) is 0 Å². The number of nitrogens with zero attached hydrogens (tertiary/aromatic N) is 3. The molecule has 3 nitrogen and oxygen atoms in total. The van der Waals surface area contributed by atoms with Gasteiger partial charge in [-0.2, -0.15) is 0 Å². The van der Waals surface area contributed by atoms with Gasteiger partial charge in [0.05, 0.1) is 5.41 Å². The van der Waals surface area contributed by atoms with Gasteiger partial charge in [-0.15, -0.1) is 0 Å². The molecule has 21 rings (SSSR count). The molecule has 0 saturated heterocycles. The fourth-order valence-electron chi connectivity index (χ4n) is 17.7. The van der Waals surface area contributed by atoms with E-state index in [1.54, 1.807) is 0 Å². The molecule has 115 heavy (non-hydrogen) atoms. The van der Waals surface area contributed by atoms with Gasteiger partial charge in [-0.25, -0.2) is 15.0 Å². The van der Waals surface area contributed by atoms with Crippen molar-refractivity contribution < 1.29 is 0 Å². The fourth-order valence-corrected chi connectivity index (χ4v) is 17.7. The van der Waals surface area contributed by atoms with Gasteiger partial charge in [-0.1, -0.05) is 370 Å². The highest BCUT2D eigenvalue weighted by Gasteiger charge is 2.51. The highest BCUT2D eigenvalue weighted by molar-refractivity contribution is 5.97. The zero-order valence-corrected chi connectivity index (χ0v) is 63.0. The molecule has 1 aromatic heterocycles. The number of hydrogen-bond acceptors (Lipinski definition) is 3. The molecule has 0 radical (unpaired) electrons. The predicted molar refractivity (Wildman–Crippen MR) is 478 cm³/mol. The van der Waals surface area contributed by atoms with Crippen LogP contribution >= 0.6 is 0 Å². The molecule has 0 atom stereocenters. The third-order valence-corrected chi connectivity index (χ3v) is 23.3. The van der Waals surface area contributed by atoms with E-state index in [1.165, 1.54) is 100 Å². The summed E-state index contributed by atoms with van der Waals surface area (Å²) in [5.41, 5.74) is 40.5. The lowest BCUT2D eigenvalue weighted by Gasteiger charge is -2.30. The number of fused-ring (bicyclic) bond motifs is 10. The third kappa shape index (κ3) is 12.7. The van der Waals surface area contributed by atoms with E-state index in [-0.39, 0.29) is 0 Å². The lowest BCUT2D eigenvalue weighted by molar-refractivity contribution is 0.794. The van der Waals surface area contributed by atoms with Gasteiger partial charge in [-0.3, -0.25) is 0 Å². The molecule has 0 unspecified atom stereocenters. The number of rotatable bonds is 15. The monoisotopic (exact) mass is 1460 g/mol. The highest BCUT2D eigenvalue weighted by Crippen LogP contribution is 2.63. The number of hydrogen-bond donors (Lipinski definition) is 0. The molecule has 19 aromatic rings. The van der Waals surface area contributed by atoms with Crippen LogP contribution in [-0.4, -0.2) is 15.0 Å². The Morgan fingerprint density at radius 3 is 0.565 bits per heavy atom. The van der Waals surface area contributed by atoms with Gasteiger partial charge in [0, 0.05) is 16.7 Å². The molecule has 2 aliphatic carbocycles. The van der Waals surface area contributed by atoms with E-state index in [4.69, 9.17) is 15.0 Å². The van der Waals surface area contributed by atoms with Crippen LogP contribution in [0.25, 0.3) is 190 Å². The fraction of sp³-hybridized carbons (Fsp3) is 0.00893. The second-order valence-corrected chi connectivity index (χ2v) is 30.2. The Balaban J connectivity index is 0.585. The van der Waals surface area contributed by atoms with Crippen molar-refractivity contribution >= 4 is 0 Å². The van der Waals surface area contributed by atoms with Crippen molar-refractivity contribution in [3.05, 3.63) is 465 Å². The second kappa shape index (κ2) is 29.0. The Labute approximate surface area is 670 Å². The van der Waals surface area contributed by atoms with Gasteiger partial charge >= 0.3 is 0 Å². The molecule has 0 N–H and O–H groups in total. The SMILES string of the molecule is c1ccc(-c2cccc(-c3cccc(-c4cccc(-c5ccc(-c6nc(-c7cccc(-c8cccc(-c9cccc(-c%10ccccc%10)c9)c8)c7)nc(-c7cccc(-c8cccc(-c9cccc(-c%10cccc(-c%11cccc(-c%12ccc%13c(c%12)C%12(c%14ccccc%14-c%14ccccc%14%12)c%12ccccc%12-%13)c%11)c%10)c9)c8)c7)n6)cc5)c4)c3)c2)cc1. The summed E-state index contributed by atoms with van der Waals surface area (Å²) in [6, 6.07) is 161. The minimum Gasteiger partial charge on any atom is -0.208 e. The maximum atomic E-state index is 5.39. The maximum absolute atomic E-state index is 5.39. The van der Waals surface area contributed by atoms with E-state index in [0.29, 0.717) is 17.5 Å². The summed E-state index contributed by atoms with van der Waals surface area (Å²) in [5.74, 6) is 1.76.